The smallest absolute Gasteiger partial charge is 0.223 e. The Morgan fingerprint density at radius 1 is 0.969 bits per heavy atom. The number of thiocarbonyl (C=S) groups is 1. The topological polar surface area (TPSA) is 27.7 Å². The minimum Gasteiger partial charge on any atom is -0.379 e. The summed E-state index contributed by atoms with van der Waals surface area (Å²) in [4.78, 5) is 4.48. The molecule has 4 nitrogen and oxygen atoms in total. The largest absolute Gasteiger partial charge is 0.379 e. The SMILES string of the molecule is S=C1N(C2CCCCCCC2)CCN1C(NC1COCC(c2ccccc2)C1)C(Cl)(Cl)Cl. The van der Waals surface area contributed by atoms with Crippen LogP contribution < -0.4 is 5.32 Å². The van der Waals surface area contributed by atoms with Crippen molar-refractivity contribution in [3.63, 3.8) is 0 Å². The van der Waals surface area contributed by atoms with Crippen molar-refractivity contribution in [3.8, 4) is 0 Å². The first-order chi connectivity index (χ1) is 15.4. The van der Waals surface area contributed by atoms with Crippen LogP contribution in [0.15, 0.2) is 30.3 Å². The first kappa shape index (κ1) is 24.8. The summed E-state index contributed by atoms with van der Waals surface area (Å²) in [6, 6.07) is 11.1. The van der Waals surface area contributed by atoms with E-state index in [-0.39, 0.29) is 6.04 Å². The second-order valence-corrected chi connectivity index (χ2v) is 12.1. The Morgan fingerprint density at radius 3 is 2.34 bits per heavy atom. The molecule has 178 valence electrons. The van der Waals surface area contributed by atoms with E-state index >= 15 is 0 Å². The third-order valence-electron chi connectivity index (χ3n) is 7.08. The van der Waals surface area contributed by atoms with Gasteiger partial charge in [0.15, 0.2) is 5.11 Å². The van der Waals surface area contributed by atoms with Crippen LogP contribution in [0.25, 0.3) is 0 Å². The minimum atomic E-state index is -1.50. The summed E-state index contributed by atoms with van der Waals surface area (Å²) >= 11 is 25.5. The van der Waals surface area contributed by atoms with Gasteiger partial charge in [-0.05, 0) is 37.0 Å². The molecule has 32 heavy (non-hydrogen) atoms. The molecule has 1 N–H and O–H groups in total. The van der Waals surface area contributed by atoms with E-state index in [1.165, 1.54) is 50.5 Å². The maximum absolute atomic E-state index is 6.51. The van der Waals surface area contributed by atoms with E-state index in [4.69, 9.17) is 51.8 Å². The van der Waals surface area contributed by atoms with Crippen LogP contribution in [0.3, 0.4) is 0 Å². The second kappa shape index (κ2) is 11.4. The number of benzene rings is 1. The first-order valence-corrected chi connectivity index (χ1v) is 13.5. The van der Waals surface area contributed by atoms with Crippen molar-refractivity contribution in [2.75, 3.05) is 26.3 Å². The van der Waals surface area contributed by atoms with Gasteiger partial charge in [-0.3, -0.25) is 5.32 Å². The molecule has 3 fully saturated rings. The lowest BCUT2D eigenvalue weighted by molar-refractivity contribution is 0.0447. The molecule has 1 saturated carbocycles. The summed E-state index contributed by atoms with van der Waals surface area (Å²) in [5.74, 6) is 0.329. The standard InChI is InChI=1S/C24H34Cl3N3OS/c25-24(26,27)22(28-20-15-19(16-31-17-20)18-9-5-4-6-10-18)30-14-13-29(23(30)32)21-11-7-2-1-3-8-12-21/h4-6,9-10,19-22,28H,1-3,7-8,11-17H2. The molecule has 4 rings (SSSR count). The van der Waals surface area contributed by atoms with E-state index in [1.807, 2.05) is 6.07 Å². The van der Waals surface area contributed by atoms with Gasteiger partial charge in [0.25, 0.3) is 0 Å². The number of alkyl halides is 3. The van der Waals surface area contributed by atoms with Crippen molar-refractivity contribution in [2.45, 2.75) is 79.3 Å². The number of halogens is 3. The van der Waals surface area contributed by atoms with Gasteiger partial charge in [0, 0.05) is 31.1 Å². The predicted octanol–water partition coefficient (Wildman–Crippen LogP) is 5.86. The zero-order valence-corrected chi connectivity index (χ0v) is 21.6. The van der Waals surface area contributed by atoms with Crippen molar-refractivity contribution < 1.29 is 4.74 Å². The molecule has 2 saturated heterocycles. The Kier molecular flexibility index (Phi) is 8.85. The molecule has 0 spiro atoms. The normalized spacial score (nSPS) is 27.3. The Morgan fingerprint density at radius 2 is 1.66 bits per heavy atom. The highest BCUT2D eigenvalue weighted by Gasteiger charge is 2.44. The molecule has 1 aromatic rings. The zero-order chi connectivity index (χ0) is 22.6. The first-order valence-electron chi connectivity index (χ1n) is 12.0. The van der Waals surface area contributed by atoms with Gasteiger partial charge in [-0.25, -0.2) is 0 Å². The van der Waals surface area contributed by atoms with Crippen LogP contribution in [0, 0.1) is 0 Å². The molecule has 8 heteroatoms. The number of nitrogens with zero attached hydrogens (tertiary/aromatic N) is 2. The quantitative estimate of drug-likeness (QED) is 0.389. The van der Waals surface area contributed by atoms with Crippen LogP contribution in [-0.4, -0.2) is 63.3 Å². The Bertz CT molecular complexity index is 740. The summed E-state index contributed by atoms with van der Waals surface area (Å²) < 4.78 is 4.44. The van der Waals surface area contributed by atoms with E-state index < -0.39 is 9.96 Å². The van der Waals surface area contributed by atoms with Gasteiger partial charge in [0.1, 0.15) is 6.17 Å². The van der Waals surface area contributed by atoms with Gasteiger partial charge in [0.05, 0.1) is 13.2 Å². The van der Waals surface area contributed by atoms with Crippen molar-refractivity contribution in [3.05, 3.63) is 35.9 Å². The van der Waals surface area contributed by atoms with Crippen LogP contribution in [0.2, 0.25) is 0 Å². The maximum Gasteiger partial charge on any atom is 0.223 e. The number of nitrogens with one attached hydrogen (secondary N) is 1. The van der Waals surface area contributed by atoms with Gasteiger partial charge in [-0.2, -0.15) is 0 Å². The molecule has 1 aliphatic carbocycles. The van der Waals surface area contributed by atoms with Gasteiger partial charge >= 0.3 is 0 Å². The highest BCUT2D eigenvalue weighted by atomic mass is 35.6. The van der Waals surface area contributed by atoms with Crippen molar-refractivity contribution in [2.24, 2.45) is 0 Å². The van der Waals surface area contributed by atoms with E-state index in [9.17, 15) is 0 Å². The fourth-order valence-corrected chi connectivity index (χ4v) is 6.37. The lowest BCUT2D eigenvalue weighted by Crippen LogP contribution is -2.59. The molecule has 3 aliphatic rings. The average Bonchev–Trinajstić information content (AvgIpc) is 3.13. The second-order valence-electron chi connectivity index (χ2n) is 9.36. The summed E-state index contributed by atoms with van der Waals surface area (Å²) in [6.45, 7) is 3.00. The third kappa shape index (κ3) is 6.22. The van der Waals surface area contributed by atoms with Gasteiger partial charge in [-0.15, -0.1) is 0 Å². The highest BCUT2D eigenvalue weighted by Crippen LogP contribution is 2.36. The van der Waals surface area contributed by atoms with Crippen molar-refractivity contribution >= 4 is 52.1 Å². The van der Waals surface area contributed by atoms with Crippen molar-refractivity contribution in [1.82, 2.24) is 15.1 Å². The summed E-state index contributed by atoms with van der Waals surface area (Å²) in [7, 11) is 0. The molecule has 0 bridgehead atoms. The fourth-order valence-electron chi connectivity index (χ4n) is 5.39. The van der Waals surface area contributed by atoms with E-state index in [0.29, 0.717) is 18.6 Å². The van der Waals surface area contributed by atoms with Gasteiger partial charge in [0.2, 0.25) is 3.79 Å². The molecule has 3 atom stereocenters. The number of rotatable bonds is 5. The fraction of sp³-hybridized carbons (Fsp3) is 0.708. The molecule has 0 amide bonds. The molecular formula is C24H34Cl3N3OS. The third-order valence-corrected chi connectivity index (χ3v) is 8.17. The van der Waals surface area contributed by atoms with Crippen molar-refractivity contribution in [1.29, 1.82) is 0 Å². The van der Waals surface area contributed by atoms with E-state index in [2.05, 4.69) is 39.4 Å². The molecule has 2 aliphatic heterocycles. The Hall–Kier alpha value is -0.300. The van der Waals surface area contributed by atoms with Crippen LogP contribution in [0.4, 0.5) is 0 Å². The lowest BCUT2D eigenvalue weighted by atomic mass is 9.91. The predicted molar refractivity (Wildman–Crippen MR) is 138 cm³/mol. The minimum absolute atomic E-state index is 0.0906. The van der Waals surface area contributed by atoms with Crippen LogP contribution >= 0.6 is 47.0 Å². The summed E-state index contributed by atoms with van der Waals surface area (Å²) in [6.07, 6.45) is 9.41. The molecular weight excluding hydrogens is 485 g/mol. The molecule has 0 radical (unpaired) electrons. The summed E-state index contributed by atoms with van der Waals surface area (Å²) in [5.41, 5.74) is 1.29. The Labute approximate surface area is 212 Å². The lowest BCUT2D eigenvalue weighted by Gasteiger charge is -2.40. The molecule has 3 unspecified atom stereocenters. The number of hydrogen-bond acceptors (Lipinski definition) is 3. The van der Waals surface area contributed by atoms with E-state index in [0.717, 1.165) is 31.2 Å². The number of ether oxygens (including phenoxy) is 1. The monoisotopic (exact) mass is 517 g/mol. The molecule has 1 aromatic carbocycles. The van der Waals surface area contributed by atoms with E-state index in [1.54, 1.807) is 0 Å². The zero-order valence-electron chi connectivity index (χ0n) is 18.5. The number of hydrogen-bond donors (Lipinski definition) is 1. The van der Waals surface area contributed by atoms with Crippen LogP contribution in [0.5, 0.6) is 0 Å². The molecule has 0 aromatic heterocycles. The van der Waals surface area contributed by atoms with Gasteiger partial charge < -0.3 is 14.5 Å². The van der Waals surface area contributed by atoms with Gasteiger partial charge in [-0.1, -0.05) is 97.2 Å². The maximum atomic E-state index is 6.51. The highest BCUT2D eigenvalue weighted by molar-refractivity contribution is 7.80. The Balaban J connectivity index is 1.43. The average molecular weight is 519 g/mol. The summed E-state index contributed by atoms with van der Waals surface area (Å²) in [5, 5.41) is 4.42. The molecule has 2 heterocycles. The van der Waals surface area contributed by atoms with Crippen LogP contribution in [0.1, 0.15) is 62.8 Å². The van der Waals surface area contributed by atoms with Crippen LogP contribution in [-0.2, 0) is 4.74 Å².